The average molecular weight is 230 g/mol. The molecule has 0 fully saturated rings. The minimum absolute atomic E-state index is 0.632. The summed E-state index contributed by atoms with van der Waals surface area (Å²) in [5.74, 6) is 1.50. The minimum atomic E-state index is 0.632. The molecule has 2 rings (SSSR count). The summed E-state index contributed by atoms with van der Waals surface area (Å²) < 4.78 is 7.27. The molecule has 0 bridgehead atoms. The zero-order valence-electron chi connectivity index (χ0n) is 10.6. The van der Waals surface area contributed by atoms with Gasteiger partial charge in [0.2, 0.25) is 0 Å². The molecule has 0 unspecified atom stereocenters. The molecule has 0 saturated heterocycles. The maximum atomic E-state index is 5.14. The predicted octanol–water partition coefficient (Wildman–Crippen LogP) is 3.21. The standard InChI is InChI=1S/C14H18N2O/c1-11(2)8-16-9-14(15-10-16)12-4-6-13(17-3)7-5-12/h4-7,9-11H,8H2,1-3H3. The van der Waals surface area contributed by atoms with E-state index >= 15 is 0 Å². The van der Waals surface area contributed by atoms with Gasteiger partial charge in [0.25, 0.3) is 0 Å². The minimum Gasteiger partial charge on any atom is -0.497 e. The summed E-state index contributed by atoms with van der Waals surface area (Å²) in [7, 11) is 1.67. The number of hydrogen-bond acceptors (Lipinski definition) is 2. The quantitative estimate of drug-likeness (QED) is 0.806. The lowest BCUT2D eigenvalue weighted by atomic mass is 10.1. The summed E-state index contributed by atoms with van der Waals surface area (Å²) in [6.45, 7) is 5.41. The van der Waals surface area contributed by atoms with Crippen LogP contribution in [0.2, 0.25) is 0 Å². The van der Waals surface area contributed by atoms with Crippen LogP contribution in [0, 0.1) is 5.92 Å². The largest absolute Gasteiger partial charge is 0.497 e. The Hall–Kier alpha value is -1.77. The van der Waals surface area contributed by atoms with Crippen molar-refractivity contribution in [2.75, 3.05) is 7.11 Å². The molecular weight excluding hydrogens is 212 g/mol. The van der Waals surface area contributed by atoms with E-state index in [-0.39, 0.29) is 0 Å². The van der Waals surface area contributed by atoms with Crippen molar-refractivity contribution in [2.45, 2.75) is 20.4 Å². The molecule has 0 N–H and O–H groups in total. The van der Waals surface area contributed by atoms with Crippen LogP contribution >= 0.6 is 0 Å². The number of hydrogen-bond donors (Lipinski definition) is 0. The van der Waals surface area contributed by atoms with Crippen LogP contribution < -0.4 is 4.74 Å². The van der Waals surface area contributed by atoms with E-state index in [0.29, 0.717) is 5.92 Å². The molecule has 1 aromatic carbocycles. The molecule has 3 heteroatoms. The first-order valence-corrected chi connectivity index (χ1v) is 5.85. The second kappa shape index (κ2) is 5.04. The van der Waals surface area contributed by atoms with Gasteiger partial charge in [-0.3, -0.25) is 0 Å². The molecule has 0 atom stereocenters. The fraction of sp³-hybridized carbons (Fsp3) is 0.357. The van der Waals surface area contributed by atoms with Crippen LogP contribution in [0.1, 0.15) is 13.8 Å². The van der Waals surface area contributed by atoms with Gasteiger partial charge < -0.3 is 9.30 Å². The average Bonchev–Trinajstić information content (AvgIpc) is 2.77. The van der Waals surface area contributed by atoms with E-state index in [2.05, 4.69) is 29.6 Å². The van der Waals surface area contributed by atoms with Crippen LogP contribution in [0.4, 0.5) is 0 Å². The van der Waals surface area contributed by atoms with Gasteiger partial charge in [0.1, 0.15) is 5.75 Å². The highest BCUT2D eigenvalue weighted by molar-refractivity contribution is 5.59. The van der Waals surface area contributed by atoms with Crippen LogP contribution in [0.15, 0.2) is 36.8 Å². The van der Waals surface area contributed by atoms with Crippen molar-refractivity contribution < 1.29 is 4.74 Å². The number of methoxy groups -OCH3 is 1. The third-order valence-corrected chi connectivity index (χ3v) is 2.59. The number of nitrogens with zero attached hydrogens (tertiary/aromatic N) is 2. The predicted molar refractivity (Wildman–Crippen MR) is 69.1 cm³/mol. The van der Waals surface area contributed by atoms with E-state index in [1.54, 1.807) is 7.11 Å². The van der Waals surface area contributed by atoms with Crippen molar-refractivity contribution in [2.24, 2.45) is 5.92 Å². The van der Waals surface area contributed by atoms with E-state index < -0.39 is 0 Å². The summed E-state index contributed by atoms with van der Waals surface area (Å²) in [6, 6.07) is 7.97. The molecule has 90 valence electrons. The normalized spacial score (nSPS) is 10.8. The molecular formula is C14H18N2O. The number of rotatable bonds is 4. The van der Waals surface area contributed by atoms with Gasteiger partial charge in [0.15, 0.2) is 0 Å². The summed E-state index contributed by atoms with van der Waals surface area (Å²) in [6.07, 6.45) is 3.97. The summed E-state index contributed by atoms with van der Waals surface area (Å²) in [5, 5.41) is 0. The summed E-state index contributed by atoms with van der Waals surface area (Å²) in [4.78, 5) is 4.42. The topological polar surface area (TPSA) is 27.1 Å². The maximum Gasteiger partial charge on any atom is 0.118 e. The molecule has 0 aliphatic carbocycles. The van der Waals surface area contributed by atoms with Crippen molar-refractivity contribution in [3.05, 3.63) is 36.8 Å². The van der Waals surface area contributed by atoms with E-state index in [9.17, 15) is 0 Å². The lowest BCUT2D eigenvalue weighted by molar-refractivity contribution is 0.415. The van der Waals surface area contributed by atoms with Crippen molar-refractivity contribution in [1.29, 1.82) is 0 Å². The first-order valence-electron chi connectivity index (χ1n) is 5.85. The second-order valence-electron chi connectivity index (χ2n) is 4.58. The Morgan fingerprint density at radius 3 is 2.53 bits per heavy atom. The smallest absolute Gasteiger partial charge is 0.118 e. The third kappa shape index (κ3) is 2.87. The molecule has 0 radical (unpaired) electrons. The highest BCUT2D eigenvalue weighted by atomic mass is 16.5. The Kier molecular flexibility index (Phi) is 3.47. The Morgan fingerprint density at radius 2 is 1.94 bits per heavy atom. The van der Waals surface area contributed by atoms with Crippen molar-refractivity contribution >= 4 is 0 Å². The first-order chi connectivity index (χ1) is 8.19. The monoisotopic (exact) mass is 230 g/mol. The highest BCUT2D eigenvalue weighted by Gasteiger charge is 2.03. The number of aromatic nitrogens is 2. The molecule has 1 aromatic heterocycles. The fourth-order valence-electron chi connectivity index (χ4n) is 1.79. The molecule has 0 spiro atoms. The molecule has 3 nitrogen and oxygen atoms in total. The Bertz CT molecular complexity index is 471. The van der Waals surface area contributed by atoms with Crippen LogP contribution in [-0.2, 0) is 6.54 Å². The fourth-order valence-corrected chi connectivity index (χ4v) is 1.79. The lowest BCUT2D eigenvalue weighted by Crippen LogP contribution is -2.00. The van der Waals surface area contributed by atoms with Crippen molar-refractivity contribution in [3.63, 3.8) is 0 Å². The van der Waals surface area contributed by atoms with Crippen LogP contribution in [-0.4, -0.2) is 16.7 Å². The Labute approximate surface area is 102 Å². The van der Waals surface area contributed by atoms with Gasteiger partial charge in [-0.05, 0) is 30.2 Å². The molecule has 0 aliphatic heterocycles. The molecule has 0 amide bonds. The van der Waals surface area contributed by atoms with E-state index in [0.717, 1.165) is 23.6 Å². The van der Waals surface area contributed by atoms with Gasteiger partial charge in [-0.25, -0.2) is 4.98 Å². The van der Waals surface area contributed by atoms with Crippen LogP contribution in [0.5, 0.6) is 5.75 Å². The Balaban J connectivity index is 2.18. The van der Waals surface area contributed by atoms with Crippen molar-refractivity contribution in [1.82, 2.24) is 9.55 Å². The number of benzene rings is 1. The van der Waals surface area contributed by atoms with E-state index in [1.165, 1.54) is 0 Å². The molecule has 1 heterocycles. The van der Waals surface area contributed by atoms with Gasteiger partial charge >= 0.3 is 0 Å². The van der Waals surface area contributed by atoms with Crippen LogP contribution in [0.3, 0.4) is 0 Å². The third-order valence-electron chi connectivity index (χ3n) is 2.59. The van der Waals surface area contributed by atoms with Gasteiger partial charge in [-0.15, -0.1) is 0 Å². The summed E-state index contributed by atoms with van der Waals surface area (Å²) >= 11 is 0. The van der Waals surface area contributed by atoms with Crippen LogP contribution in [0.25, 0.3) is 11.3 Å². The molecule has 2 aromatic rings. The van der Waals surface area contributed by atoms with Crippen molar-refractivity contribution in [3.8, 4) is 17.0 Å². The maximum absolute atomic E-state index is 5.14. The van der Waals surface area contributed by atoms with Gasteiger partial charge in [0.05, 0.1) is 19.1 Å². The van der Waals surface area contributed by atoms with Gasteiger partial charge in [-0.1, -0.05) is 13.8 Å². The van der Waals surface area contributed by atoms with E-state index in [4.69, 9.17) is 4.74 Å². The summed E-state index contributed by atoms with van der Waals surface area (Å²) in [5.41, 5.74) is 2.13. The van der Waals surface area contributed by atoms with Gasteiger partial charge in [0, 0.05) is 18.3 Å². The number of ether oxygens (including phenoxy) is 1. The molecule has 0 saturated carbocycles. The SMILES string of the molecule is COc1ccc(-c2cn(CC(C)C)cn2)cc1. The zero-order valence-corrected chi connectivity index (χ0v) is 10.6. The highest BCUT2D eigenvalue weighted by Crippen LogP contribution is 2.20. The van der Waals surface area contributed by atoms with Gasteiger partial charge in [-0.2, -0.15) is 0 Å². The second-order valence-corrected chi connectivity index (χ2v) is 4.58. The van der Waals surface area contributed by atoms with E-state index in [1.807, 2.05) is 30.6 Å². The first kappa shape index (κ1) is 11.7. The Morgan fingerprint density at radius 1 is 1.24 bits per heavy atom. The molecule has 17 heavy (non-hydrogen) atoms. The molecule has 0 aliphatic rings. The number of imidazole rings is 1. The zero-order chi connectivity index (χ0) is 12.3. The lowest BCUT2D eigenvalue weighted by Gasteiger charge is -2.04.